The predicted octanol–water partition coefficient (Wildman–Crippen LogP) is 4.82. The normalized spacial score (nSPS) is 18.5. The van der Waals surface area contributed by atoms with Crippen molar-refractivity contribution in [2.75, 3.05) is 6.54 Å². The second-order valence-electron chi connectivity index (χ2n) is 10.2. The topological polar surface area (TPSA) is 110 Å². The summed E-state index contributed by atoms with van der Waals surface area (Å²) in [5.74, 6) is 0.970. The average Bonchev–Trinajstić information content (AvgIpc) is 3.53. The number of likely N-dealkylation sites (tertiary alicyclic amines) is 1. The van der Waals surface area contributed by atoms with Crippen molar-refractivity contribution in [3.63, 3.8) is 0 Å². The van der Waals surface area contributed by atoms with Crippen LogP contribution in [0.3, 0.4) is 0 Å². The zero-order valence-corrected chi connectivity index (χ0v) is 20.5. The second-order valence-corrected chi connectivity index (χ2v) is 10.2. The van der Waals surface area contributed by atoms with E-state index < -0.39 is 11.6 Å². The molecule has 2 aromatic heterocycles. The molecule has 1 N–H and O–H groups in total. The number of aryl methyl sites for hydroxylation is 1. The van der Waals surface area contributed by atoms with E-state index in [4.69, 9.17) is 4.52 Å². The minimum Gasteiger partial charge on any atom is -0.465 e. The third-order valence-electron chi connectivity index (χ3n) is 6.96. The molecule has 0 saturated carbocycles. The Hall–Kier alpha value is -3.23. The van der Waals surface area contributed by atoms with Gasteiger partial charge in [-0.15, -0.1) is 5.10 Å². The van der Waals surface area contributed by atoms with Crippen LogP contribution < -0.4 is 0 Å². The van der Waals surface area contributed by atoms with Crippen molar-refractivity contribution in [2.24, 2.45) is 5.41 Å². The fraction of sp³-hybridized carbons (Fsp3) is 0.560. The van der Waals surface area contributed by atoms with E-state index in [-0.39, 0.29) is 5.41 Å². The Morgan fingerprint density at radius 3 is 2.68 bits per heavy atom. The molecule has 9 heteroatoms. The molecule has 0 spiro atoms. The van der Waals surface area contributed by atoms with Crippen LogP contribution in [0.25, 0.3) is 11.4 Å². The highest BCUT2D eigenvalue weighted by molar-refractivity contribution is 5.67. The quantitative estimate of drug-likeness (QED) is 0.507. The van der Waals surface area contributed by atoms with Crippen LogP contribution in [0.2, 0.25) is 0 Å². The Morgan fingerprint density at radius 2 is 2.00 bits per heavy atom. The number of carbonyl (C=O) groups is 1. The van der Waals surface area contributed by atoms with Gasteiger partial charge in [-0.25, -0.2) is 9.48 Å². The number of hydrogen-bond acceptors (Lipinski definition) is 6. The van der Waals surface area contributed by atoms with Crippen molar-refractivity contribution in [1.82, 2.24) is 30.0 Å². The van der Waals surface area contributed by atoms with Gasteiger partial charge in [0.25, 0.3) is 0 Å². The van der Waals surface area contributed by atoms with Gasteiger partial charge >= 0.3 is 6.09 Å². The molecule has 1 fully saturated rings. The fourth-order valence-corrected chi connectivity index (χ4v) is 4.91. The van der Waals surface area contributed by atoms with Crippen molar-refractivity contribution in [3.05, 3.63) is 47.6 Å². The van der Waals surface area contributed by atoms with Crippen LogP contribution in [0.4, 0.5) is 4.79 Å². The first-order chi connectivity index (χ1) is 16.2. The van der Waals surface area contributed by atoms with E-state index in [9.17, 15) is 9.90 Å². The van der Waals surface area contributed by atoms with Gasteiger partial charge in [0.2, 0.25) is 11.7 Å². The van der Waals surface area contributed by atoms with Crippen LogP contribution in [-0.4, -0.2) is 53.3 Å². The Bertz CT molecular complexity index is 1110. The summed E-state index contributed by atoms with van der Waals surface area (Å²) in [4.78, 5) is 18.1. The number of unbranched alkanes of at least 4 members (excludes halogenated alkanes) is 1. The maximum Gasteiger partial charge on any atom is 0.407 e. The van der Waals surface area contributed by atoms with Crippen LogP contribution in [-0.2, 0) is 19.4 Å². The number of amides is 1. The lowest BCUT2D eigenvalue weighted by Crippen LogP contribution is -2.56. The second kappa shape index (κ2) is 9.56. The first-order valence-corrected chi connectivity index (χ1v) is 12.0. The van der Waals surface area contributed by atoms with Crippen LogP contribution in [0, 0.1) is 5.41 Å². The molecule has 3 aromatic rings. The van der Waals surface area contributed by atoms with Crippen LogP contribution in [0.1, 0.15) is 70.5 Å². The van der Waals surface area contributed by atoms with Gasteiger partial charge in [0.05, 0.1) is 24.2 Å². The van der Waals surface area contributed by atoms with E-state index >= 15 is 0 Å². The Balaban J connectivity index is 1.46. The maximum atomic E-state index is 11.9. The largest absolute Gasteiger partial charge is 0.465 e. The van der Waals surface area contributed by atoms with Crippen LogP contribution >= 0.6 is 0 Å². The monoisotopic (exact) mass is 466 g/mol. The lowest BCUT2D eigenvalue weighted by Gasteiger charge is -2.46. The van der Waals surface area contributed by atoms with Crippen molar-refractivity contribution in [1.29, 1.82) is 0 Å². The molecule has 3 heterocycles. The molecular weight excluding hydrogens is 432 g/mol. The highest BCUT2D eigenvalue weighted by Gasteiger charge is 2.52. The lowest BCUT2D eigenvalue weighted by atomic mass is 9.70. The summed E-state index contributed by atoms with van der Waals surface area (Å²) in [5, 5.41) is 22.4. The first kappa shape index (κ1) is 23.9. The van der Waals surface area contributed by atoms with Gasteiger partial charge in [0.1, 0.15) is 0 Å². The fourth-order valence-electron chi connectivity index (χ4n) is 4.91. The van der Waals surface area contributed by atoms with Crippen molar-refractivity contribution >= 4 is 6.09 Å². The number of hydrogen-bond donors (Lipinski definition) is 1. The third kappa shape index (κ3) is 4.83. The standard InChI is InChI=1S/C25H34N6O3/c1-5-6-8-20-17-30(29-27-20)16-18-9-11-19(12-10-18)22-26-21(34-28-22)15-25(24(2,3)4)13-7-14-31(25)23(32)33/h9-12,17H,5-8,13-16H2,1-4H3,(H,32,33). The van der Waals surface area contributed by atoms with Gasteiger partial charge in [0, 0.05) is 18.3 Å². The molecule has 34 heavy (non-hydrogen) atoms. The number of aromatic nitrogens is 5. The highest BCUT2D eigenvalue weighted by Crippen LogP contribution is 2.45. The summed E-state index contributed by atoms with van der Waals surface area (Å²) >= 11 is 0. The molecule has 182 valence electrons. The summed E-state index contributed by atoms with van der Waals surface area (Å²) < 4.78 is 7.44. The van der Waals surface area contributed by atoms with Gasteiger partial charge in [0.15, 0.2) is 0 Å². The Kier molecular flexibility index (Phi) is 6.72. The van der Waals surface area contributed by atoms with Crippen molar-refractivity contribution in [2.45, 2.75) is 78.3 Å². The van der Waals surface area contributed by atoms with E-state index in [2.05, 4.69) is 48.1 Å². The molecule has 1 atom stereocenters. The molecular formula is C25H34N6O3. The van der Waals surface area contributed by atoms with Crippen molar-refractivity contribution < 1.29 is 14.4 Å². The zero-order chi connectivity index (χ0) is 24.3. The zero-order valence-electron chi connectivity index (χ0n) is 20.5. The van der Waals surface area contributed by atoms with E-state index in [1.165, 1.54) is 0 Å². The summed E-state index contributed by atoms with van der Waals surface area (Å²) in [7, 11) is 0. The van der Waals surface area contributed by atoms with E-state index in [0.29, 0.717) is 31.2 Å². The molecule has 0 bridgehead atoms. The molecule has 1 saturated heterocycles. The summed E-state index contributed by atoms with van der Waals surface area (Å²) in [6.07, 6.45) is 6.33. The number of carboxylic acid groups (broad SMARTS) is 1. The van der Waals surface area contributed by atoms with Gasteiger partial charge in [-0.3, -0.25) is 0 Å². The van der Waals surface area contributed by atoms with Gasteiger partial charge in [-0.1, -0.05) is 68.8 Å². The first-order valence-electron chi connectivity index (χ1n) is 12.0. The smallest absolute Gasteiger partial charge is 0.407 e. The molecule has 0 aliphatic carbocycles. The number of rotatable bonds is 8. The van der Waals surface area contributed by atoms with E-state index in [1.54, 1.807) is 4.90 Å². The maximum absolute atomic E-state index is 11.9. The molecule has 0 radical (unpaired) electrons. The SMILES string of the molecule is CCCCc1cn(Cc2ccc(-c3noc(CC4(C(C)(C)C)CCCN4C(=O)O)n3)cc2)nn1. The molecule has 1 amide bonds. The van der Waals surface area contributed by atoms with Gasteiger partial charge in [-0.2, -0.15) is 4.98 Å². The van der Waals surface area contributed by atoms with Gasteiger partial charge < -0.3 is 14.5 Å². The van der Waals surface area contributed by atoms with E-state index in [1.807, 2.05) is 35.1 Å². The average molecular weight is 467 g/mol. The summed E-state index contributed by atoms with van der Waals surface area (Å²) in [6, 6.07) is 7.99. The molecule has 1 aliphatic heterocycles. The third-order valence-corrected chi connectivity index (χ3v) is 6.96. The highest BCUT2D eigenvalue weighted by atomic mass is 16.5. The Morgan fingerprint density at radius 1 is 1.24 bits per heavy atom. The summed E-state index contributed by atoms with van der Waals surface area (Å²) in [5.41, 5.74) is 2.15. The molecule has 4 rings (SSSR count). The minimum absolute atomic E-state index is 0.268. The van der Waals surface area contributed by atoms with Crippen LogP contribution in [0.15, 0.2) is 35.0 Å². The lowest BCUT2D eigenvalue weighted by molar-refractivity contribution is 0.0254. The number of nitrogens with zero attached hydrogens (tertiary/aromatic N) is 6. The molecule has 1 aromatic carbocycles. The van der Waals surface area contributed by atoms with E-state index in [0.717, 1.165) is 48.9 Å². The molecule has 1 unspecified atom stereocenters. The predicted molar refractivity (Wildman–Crippen MR) is 127 cm³/mol. The van der Waals surface area contributed by atoms with Crippen LogP contribution in [0.5, 0.6) is 0 Å². The number of benzene rings is 1. The molecule has 9 nitrogen and oxygen atoms in total. The minimum atomic E-state index is -0.896. The summed E-state index contributed by atoms with van der Waals surface area (Å²) in [6.45, 7) is 9.57. The van der Waals surface area contributed by atoms with Crippen molar-refractivity contribution in [3.8, 4) is 11.4 Å². The molecule has 1 aliphatic rings. The van der Waals surface area contributed by atoms with Gasteiger partial charge in [-0.05, 0) is 36.7 Å². The Labute approximate surface area is 200 Å².